The third kappa shape index (κ3) is 5.66. The highest BCUT2D eigenvalue weighted by atomic mass is 15.1. The Morgan fingerprint density at radius 3 is 1.46 bits per heavy atom. The molecule has 0 fully saturated rings. The lowest BCUT2D eigenvalue weighted by molar-refractivity contribution is 1.10. The van der Waals surface area contributed by atoms with Crippen molar-refractivity contribution in [2.45, 2.75) is 20.8 Å². The molecule has 0 N–H and O–H groups in total. The molecule has 2 aromatic heterocycles. The third-order valence-corrected chi connectivity index (χ3v) is 11.0. The van der Waals surface area contributed by atoms with Gasteiger partial charge < -0.3 is 9.47 Å². The van der Waals surface area contributed by atoms with E-state index in [4.69, 9.17) is 4.98 Å². The highest BCUT2D eigenvalue weighted by Gasteiger charge is 2.18. The first-order valence-corrected chi connectivity index (χ1v) is 19.2. The van der Waals surface area contributed by atoms with Gasteiger partial charge in [-0.05, 0) is 140 Å². The van der Waals surface area contributed by atoms with Gasteiger partial charge in [-0.15, -0.1) is 0 Å². The summed E-state index contributed by atoms with van der Waals surface area (Å²) in [6.45, 7) is 6.59. The summed E-state index contributed by atoms with van der Waals surface area (Å²) < 4.78 is 4.62. The molecule has 0 atom stereocenters. The molecule has 0 bridgehead atoms. The number of aromatic nitrogens is 3. The highest BCUT2D eigenvalue weighted by molar-refractivity contribution is 6.09. The molecule has 0 aliphatic rings. The van der Waals surface area contributed by atoms with E-state index < -0.39 is 0 Å². The van der Waals surface area contributed by atoms with E-state index >= 15 is 0 Å². The van der Waals surface area contributed by atoms with Gasteiger partial charge >= 0.3 is 0 Å². The molecule has 10 rings (SSSR count). The number of rotatable bonds is 7. The van der Waals surface area contributed by atoms with E-state index in [1.54, 1.807) is 0 Å². The quantitative estimate of drug-likeness (QED) is 0.164. The number of para-hydroxylation sites is 5. The maximum atomic E-state index is 5.13. The van der Waals surface area contributed by atoms with Gasteiger partial charge in [0.1, 0.15) is 5.82 Å². The molecular weight excluding hydrogens is 681 g/mol. The Labute approximate surface area is 327 Å². The van der Waals surface area contributed by atoms with E-state index in [0.29, 0.717) is 0 Å². The minimum absolute atomic E-state index is 0.916. The van der Waals surface area contributed by atoms with Crippen LogP contribution in [0.3, 0.4) is 0 Å². The lowest BCUT2D eigenvalue weighted by atomic mass is 9.93. The van der Waals surface area contributed by atoms with Crippen LogP contribution < -0.4 is 4.90 Å². The first kappa shape index (κ1) is 33.4. The number of benzene rings is 8. The zero-order valence-corrected chi connectivity index (χ0v) is 31.7. The van der Waals surface area contributed by atoms with Crippen molar-refractivity contribution in [1.82, 2.24) is 14.1 Å². The molecular formula is C52H40N4. The molecule has 0 radical (unpaired) electrons. The molecule has 4 heteroatoms. The second-order valence-corrected chi connectivity index (χ2v) is 14.7. The van der Waals surface area contributed by atoms with Crippen molar-refractivity contribution in [3.8, 4) is 33.9 Å². The van der Waals surface area contributed by atoms with Crippen LogP contribution in [0.5, 0.6) is 0 Å². The second-order valence-electron chi connectivity index (χ2n) is 14.7. The van der Waals surface area contributed by atoms with Gasteiger partial charge in [-0.25, -0.2) is 4.98 Å². The Kier molecular flexibility index (Phi) is 8.11. The SMILES string of the molecule is Cc1cc(C)c(-c2ccc(N(c3ccc(-c4nc5ccccc5n4-c4ccccc4)cc3)c3ccc(-n4c5ccccc5c5ccccc54)cc3)cc2)c(C)c1. The largest absolute Gasteiger partial charge is 0.311 e. The van der Waals surface area contributed by atoms with E-state index in [2.05, 4.69) is 223 Å². The molecule has 0 amide bonds. The van der Waals surface area contributed by atoms with Gasteiger partial charge in [0.15, 0.2) is 0 Å². The predicted octanol–water partition coefficient (Wildman–Crippen LogP) is 13.9. The van der Waals surface area contributed by atoms with Crippen molar-refractivity contribution in [3.05, 3.63) is 205 Å². The predicted molar refractivity (Wildman–Crippen MR) is 235 cm³/mol. The smallest absolute Gasteiger partial charge is 0.145 e. The number of fused-ring (bicyclic) bond motifs is 4. The lowest BCUT2D eigenvalue weighted by Gasteiger charge is -2.26. The molecule has 4 nitrogen and oxygen atoms in total. The fourth-order valence-corrected chi connectivity index (χ4v) is 8.63. The van der Waals surface area contributed by atoms with Crippen LogP contribution in [0.15, 0.2) is 188 Å². The first-order chi connectivity index (χ1) is 27.5. The van der Waals surface area contributed by atoms with Gasteiger partial charge in [0.25, 0.3) is 0 Å². The number of anilines is 3. The molecule has 268 valence electrons. The van der Waals surface area contributed by atoms with Crippen molar-refractivity contribution < 1.29 is 0 Å². The van der Waals surface area contributed by atoms with Crippen LogP contribution in [0.4, 0.5) is 17.1 Å². The number of imidazole rings is 1. The fraction of sp³-hybridized carbons (Fsp3) is 0.0577. The van der Waals surface area contributed by atoms with Crippen molar-refractivity contribution in [2.75, 3.05) is 4.90 Å². The number of hydrogen-bond acceptors (Lipinski definition) is 2. The van der Waals surface area contributed by atoms with Gasteiger partial charge in [-0.3, -0.25) is 4.57 Å². The molecule has 0 saturated heterocycles. The lowest BCUT2D eigenvalue weighted by Crippen LogP contribution is -2.10. The monoisotopic (exact) mass is 720 g/mol. The number of hydrogen-bond donors (Lipinski definition) is 0. The normalized spacial score (nSPS) is 11.5. The van der Waals surface area contributed by atoms with Crippen molar-refractivity contribution in [1.29, 1.82) is 0 Å². The second kappa shape index (κ2) is 13.6. The average Bonchev–Trinajstić information content (AvgIpc) is 3.79. The molecule has 0 unspecified atom stereocenters. The Hall–Kier alpha value is -7.17. The zero-order chi connectivity index (χ0) is 37.8. The highest BCUT2D eigenvalue weighted by Crippen LogP contribution is 2.40. The summed E-state index contributed by atoms with van der Waals surface area (Å²) >= 11 is 0. The Bertz CT molecular complexity index is 2950. The topological polar surface area (TPSA) is 26.0 Å². The molecule has 0 saturated carbocycles. The van der Waals surface area contributed by atoms with E-state index in [1.807, 2.05) is 0 Å². The summed E-state index contributed by atoms with van der Waals surface area (Å²) in [5, 5.41) is 2.52. The zero-order valence-electron chi connectivity index (χ0n) is 31.7. The minimum atomic E-state index is 0.916. The third-order valence-electron chi connectivity index (χ3n) is 11.0. The molecule has 56 heavy (non-hydrogen) atoms. The van der Waals surface area contributed by atoms with Crippen LogP contribution in [0.1, 0.15) is 16.7 Å². The molecule has 0 aliphatic heterocycles. The van der Waals surface area contributed by atoms with Crippen LogP contribution in [0.25, 0.3) is 66.7 Å². The van der Waals surface area contributed by atoms with Crippen LogP contribution in [0, 0.1) is 20.8 Å². The average molecular weight is 721 g/mol. The van der Waals surface area contributed by atoms with Crippen LogP contribution in [-0.4, -0.2) is 14.1 Å². The van der Waals surface area contributed by atoms with Crippen molar-refractivity contribution in [3.63, 3.8) is 0 Å². The van der Waals surface area contributed by atoms with Crippen molar-refractivity contribution in [2.24, 2.45) is 0 Å². The first-order valence-electron chi connectivity index (χ1n) is 19.2. The standard InChI is InChI=1S/C52H40N4/c1-35-33-36(2)51(37(3)34-35)38-21-25-41(26-22-38)54(43-29-31-44(32-30-43)55-48-18-10-7-15-45(48)46-16-8-11-19-49(46)55)42-27-23-39(24-28-42)52-53-47-17-9-12-20-50(47)56(52)40-13-5-4-6-14-40/h4-34H,1-3H3. The molecule has 2 heterocycles. The van der Waals surface area contributed by atoms with Gasteiger partial charge in [0.05, 0.1) is 22.1 Å². The summed E-state index contributed by atoms with van der Waals surface area (Å²) in [7, 11) is 0. The summed E-state index contributed by atoms with van der Waals surface area (Å²) in [4.78, 5) is 7.48. The number of nitrogens with zero attached hydrogens (tertiary/aromatic N) is 4. The minimum Gasteiger partial charge on any atom is -0.311 e. The van der Waals surface area contributed by atoms with Crippen molar-refractivity contribution >= 4 is 49.9 Å². The van der Waals surface area contributed by atoms with Gasteiger partial charge in [0.2, 0.25) is 0 Å². The Balaban J connectivity index is 1.09. The summed E-state index contributed by atoms with van der Waals surface area (Å²) in [5.41, 5.74) is 17.4. The maximum absolute atomic E-state index is 5.13. The summed E-state index contributed by atoms with van der Waals surface area (Å²) in [6.07, 6.45) is 0. The van der Waals surface area contributed by atoms with Crippen LogP contribution >= 0.6 is 0 Å². The van der Waals surface area contributed by atoms with Gasteiger partial charge in [-0.2, -0.15) is 0 Å². The summed E-state index contributed by atoms with van der Waals surface area (Å²) in [6, 6.07) is 67.5. The molecule has 10 aromatic rings. The van der Waals surface area contributed by atoms with Crippen LogP contribution in [0.2, 0.25) is 0 Å². The van der Waals surface area contributed by atoms with Crippen LogP contribution in [-0.2, 0) is 0 Å². The van der Waals surface area contributed by atoms with E-state index in [1.165, 1.54) is 49.6 Å². The van der Waals surface area contributed by atoms with Gasteiger partial charge in [-0.1, -0.05) is 96.6 Å². The number of aryl methyl sites for hydroxylation is 3. The molecule has 8 aromatic carbocycles. The fourth-order valence-electron chi connectivity index (χ4n) is 8.63. The molecule has 0 spiro atoms. The van der Waals surface area contributed by atoms with E-state index in [0.717, 1.165) is 50.9 Å². The summed E-state index contributed by atoms with van der Waals surface area (Å²) in [5.74, 6) is 0.916. The Morgan fingerprint density at radius 1 is 0.411 bits per heavy atom. The maximum Gasteiger partial charge on any atom is 0.145 e. The van der Waals surface area contributed by atoms with E-state index in [-0.39, 0.29) is 0 Å². The van der Waals surface area contributed by atoms with Gasteiger partial charge in [0, 0.05) is 44.8 Å². The molecule has 0 aliphatic carbocycles. The Morgan fingerprint density at radius 2 is 0.875 bits per heavy atom. The van der Waals surface area contributed by atoms with E-state index in [9.17, 15) is 0 Å².